The number of rotatable bonds is 5. The third-order valence-corrected chi connectivity index (χ3v) is 5.21. The van der Waals surface area contributed by atoms with Crippen molar-refractivity contribution in [3.63, 3.8) is 0 Å². The second kappa shape index (κ2) is 6.58. The molecule has 0 saturated carbocycles. The summed E-state index contributed by atoms with van der Waals surface area (Å²) in [5.74, 6) is 0. The molecule has 1 heterocycles. The first-order chi connectivity index (χ1) is 10.3. The second-order valence-corrected chi connectivity index (χ2v) is 6.38. The van der Waals surface area contributed by atoms with E-state index in [1.165, 1.54) is 4.70 Å². The number of halogens is 1. The topological polar surface area (TPSA) is 32.3 Å². The number of aliphatic hydroxyl groups excluding tert-OH is 1. The van der Waals surface area contributed by atoms with Crippen molar-refractivity contribution in [2.24, 2.45) is 0 Å². The maximum atomic E-state index is 9.57. The van der Waals surface area contributed by atoms with E-state index in [2.05, 4.69) is 11.4 Å². The summed E-state index contributed by atoms with van der Waals surface area (Å²) in [5.41, 5.74) is 1.08. The van der Waals surface area contributed by atoms with E-state index in [1.54, 1.807) is 11.3 Å². The van der Waals surface area contributed by atoms with Crippen LogP contribution >= 0.6 is 22.9 Å². The average molecular weight is 318 g/mol. The fraction of sp³-hybridized carbons (Fsp3) is 0.176. The molecule has 0 saturated heterocycles. The highest BCUT2D eigenvalue weighted by Crippen LogP contribution is 2.35. The summed E-state index contributed by atoms with van der Waals surface area (Å²) < 4.78 is 1.19. The average Bonchev–Trinajstić information content (AvgIpc) is 2.86. The summed E-state index contributed by atoms with van der Waals surface area (Å²) in [6.07, 6.45) is 0. The Labute approximate surface area is 133 Å². The van der Waals surface area contributed by atoms with Crippen molar-refractivity contribution in [3.8, 4) is 0 Å². The Morgan fingerprint density at radius 3 is 2.48 bits per heavy atom. The molecule has 2 aromatic carbocycles. The normalized spacial score (nSPS) is 12.7. The Morgan fingerprint density at radius 2 is 1.76 bits per heavy atom. The minimum absolute atomic E-state index is 0.0620. The van der Waals surface area contributed by atoms with Crippen molar-refractivity contribution >= 4 is 33.0 Å². The Hall–Kier alpha value is -1.39. The maximum Gasteiger partial charge on any atom is 0.0636 e. The van der Waals surface area contributed by atoms with Gasteiger partial charge in [-0.25, -0.2) is 0 Å². The Bertz CT molecular complexity index is 726. The summed E-state index contributed by atoms with van der Waals surface area (Å²) in [6, 6.07) is 18.0. The molecule has 0 aliphatic carbocycles. The number of fused-ring (bicyclic) bond motifs is 1. The van der Waals surface area contributed by atoms with E-state index < -0.39 is 0 Å². The van der Waals surface area contributed by atoms with Crippen LogP contribution in [0.15, 0.2) is 54.6 Å². The minimum Gasteiger partial charge on any atom is -0.394 e. The number of hydrogen-bond donors (Lipinski definition) is 2. The lowest BCUT2D eigenvalue weighted by Gasteiger charge is -2.16. The Kier molecular flexibility index (Phi) is 4.56. The summed E-state index contributed by atoms with van der Waals surface area (Å²) in [5, 5.41) is 14.9. The molecular formula is C17H16ClNOS. The molecular weight excluding hydrogens is 302 g/mol. The van der Waals surface area contributed by atoms with Gasteiger partial charge in [0.05, 0.1) is 17.7 Å². The summed E-state index contributed by atoms with van der Waals surface area (Å²) >= 11 is 8.13. The van der Waals surface area contributed by atoms with Gasteiger partial charge in [-0.3, -0.25) is 0 Å². The zero-order chi connectivity index (χ0) is 14.7. The van der Waals surface area contributed by atoms with Gasteiger partial charge in [-0.1, -0.05) is 60.1 Å². The number of aliphatic hydroxyl groups is 1. The van der Waals surface area contributed by atoms with Crippen molar-refractivity contribution in [3.05, 3.63) is 70.1 Å². The van der Waals surface area contributed by atoms with Crippen molar-refractivity contribution in [2.45, 2.75) is 12.6 Å². The number of nitrogens with one attached hydrogen (secondary N) is 1. The van der Waals surface area contributed by atoms with Gasteiger partial charge in [-0.05, 0) is 11.6 Å². The molecule has 0 amide bonds. The first-order valence-electron chi connectivity index (χ1n) is 6.84. The molecule has 2 nitrogen and oxygen atoms in total. The molecule has 3 rings (SSSR count). The van der Waals surface area contributed by atoms with Crippen LogP contribution in [-0.4, -0.2) is 11.7 Å². The SMILES string of the molecule is OCC(NCc1sc2ccccc2c1Cl)c1ccccc1. The number of thiophene rings is 1. The van der Waals surface area contributed by atoms with Gasteiger partial charge in [0.2, 0.25) is 0 Å². The van der Waals surface area contributed by atoms with Gasteiger partial charge in [0.1, 0.15) is 0 Å². The quantitative estimate of drug-likeness (QED) is 0.732. The monoisotopic (exact) mass is 317 g/mol. The van der Waals surface area contributed by atoms with Crippen LogP contribution in [0.4, 0.5) is 0 Å². The molecule has 3 aromatic rings. The lowest BCUT2D eigenvalue weighted by Crippen LogP contribution is -2.23. The molecule has 1 unspecified atom stereocenters. The largest absolute Gasteiger partial charge is 0.394 e. The van der Waals surface area contributed by atoms with E-state index in [4.69, 9.17) is 11.6 Å². The molecule has 0 aliphatic rings. The van der Waals surface area contributed by atoms with Crippen LogP contribution in [-0.2, 0) is 6.54 Å². The zero-order valence-corrected chi connectivity index (χ0v) is 13.0. The van der Waals surface area contributed by atoms with Crippen LogP contribution < -0.4 is 5.32 Å². The third kappa shape index (κ3) is 3.11. The van der Waals surface area contributed by atoms with Gasteiger partial charge >= 0.3 is 0 Å². The van der Waals surface area contributed by atoms with Crippen LogP contribution in [0.1, 0.15) is 16.5 Å². The molecule has 108 valence electrons. The van der Waals surface area contributed by atoms with E-state index in [1.807, 2.05) is 48.5 Å². The van der Waals surface area contributed by atoms with E-state index in [0.29, 0.717) is 6.54 Å². The predicted molar refractivity (Wildman–Crippen MR) is 89.9 cm³/mol. The molecule has 0 fully saturated rings. The minimum atomic E-state index is -0.0764. The van der Waals surface area contributed by atoms with E-state index in [9.17, 15) is 5.11 Å². The van der Waals surface area contributed by atoms with Crippen molar-refractivity contribution in [2.75, 3.05) is 6.61 Å². The molecule has 0 spiro atoms. The third-order valence-electron chi connectivity index (χ3n) is 3.50. The summed E-state index contributed by atoms with van der Waals surface area (Å²) in [7, 11) is 0. The Balaban J connectivity index is 1.78. The van der Waals surface area contributed by atoms with E-state index in [0.717, 1.165) is 20.8 Å². The summed E-state index contributed by atoms with van der Waals surface area (Å²) in [6.45, 7) is 0.713. The first-order valence-corrected chi connectivity index (χ1v) is 8.04. The van der Waals surface area contributed by atoms with Gasteiger partial charge in [-0.15, -0.1) is 11.3 Å². The van der Waals surface area contributed by atoms with E-state index >= 15 is 0 Å². The zero-order valence-electron chi connectivity index (χ0n) is 11.4. The highest BCUT2D eigenvalue weighted by atomic mass is 35.5. The van der Waals surface area contributed by atoms with Crippen LogP contribution in [0, 0.1) is 0 Å². The van der Waals surface area contributed by atoms with Crippen LogP contribution in [0.5, 0.6) is 0 Å². The molecule has 2 N–H and O–H groups in total. The molecule has 21 heavy (non-hydrogen) atoms. The maximum absolute atomic E-state index is 9.57. The standard InChI is InChI=1S/C17H16ClNOS/c18-17-13-8-4-5-9-15(13)21-16(17)10-19-14(11-20)12-6-2-1-3-7-12/h1-9,14,19-20H,10-11H2. The highest BCUT2D eigenvalue weighted by molar-refractivity contribution is 7.19. The Morgan fingerprint density at radius 1 is 1.05 bits per heavy atom. The molecule has 1 atom stereocenters. The number of hydrogen-bond acceptors (Lipinski definition) is 3. The highest BCUT2D eigenvalue weighted by Gasteiger charge is 2.13. The van der Waals surface area contributed by atoms with Gasteiger partial charge in [0.25, 0.3) is 0 Å². The lowest BCUT2D eigenvalue weighted by atomic mass is 10.1. The predicted octanol–water partition coefficient (Wildman–Crippen LogP) is 4.38. The van der Waals surface area contributed by atoms with Crippen LogP contribution in [0.25, 0.3) is 10.1 Å². The lowest BCUT2D eigenvalue weighted by molar-refractivity contribution is 0.244. The van der Waals surface area contributed by atoms with Crippen molar-refractivity contribution in [1.29, 1.82) is 0 Å². The van der Waals surface area contributed by atoms with Crippen LogP contribution in [0.3, 0.4) is 0 Å². The molecule has 0 aliphatic heterocycles. The smallest absolute Gasteiger partial charge is 0.0636 e. The van der Waals surface area contributed by atoms with Crippen LogP contribution in [0.2, 0.25) is 5.02 Å². The summed E-state index contributed by atoms with van der Waals surface area (Å²) in [4.78, 5) is 1.10. The fourth-order valence-corrected chi connectivity index (χ4v) is 3.82. The van der Waals surface area contributed by atoms with Crippen molar-refractivity contribution in [1.82, 2.24) is 5.32 Å². The van der Waals surface area contributed by atoms with E-state index in [-0.39, 0.29) is 12.6 Å². The molecule has 0 radical (unpaired) electrons. The van der Waals surface area contributed by atoms with Gasteiger partial charge < -0.3 is 10.4 Å². The van der Waals surface area contributed by atoms with Gasteiger partial charge in [-0.2, -0.15) is 0 Å². The first kappa shape index (κ1) is 14.5. The molecule has 4 heteroatoms. The van der Waals surface area contributed by atoms with Crippen molar-refractivity contribution < 1.29 is 5.11 Å². The van der Waals surface area contributed by atoms with Gasteiger partial charge in [0.15, 0.2) is 0 Å². The second-order valence-electron chi connectivity index (χ2n) is 4.86. The fourth-order valence-electron chi connectivity index (χ4n) is 2.37. The number of benzene rings is 2. The molecule has 1 aromatic heterocycles. The van der Waals surface area contributed by atoms with Gasteiger partial charge in [0, 0.05) is 21.5 Å². The molecule has 0 bridgehead atoms.